The molecule has 122 valence electrons. The minimum atomic E-state index is -0.596. The van der Waals surface area contributed by atoms with Crippen LogP contribution in [0.5, 0.6) is 5.75 Å². The van der Waals surface area contributed by atoms with Crippen molar-refractivity contribution in [1.82, 2.24) is 5.32 Å². The van der Waals surface area contributed by atoms with Crippen LogP contribution in [0.4, 0.5) is 5.69 Å². The van der Waals surface area contributed by atoms with Crippen molar-refractivity contribution in [2.45, 2.75) is 12.5 Å². The van der Waals surface area contributed by atoms with Gasteiger partial charge in [0, 0.05) is 38.5 Å². The van der Waals surface area contributed by atoms with E-state index in [0.717, 1.165) is 30.9 Å². The second kappa shape index (κ2) is 8.00. The second-order valence-electron chi connectivity index (χ2n) is 5.61. The van der Waals surface area contributed by atoms with Crippen LogP contribution in [0.2, 0.25) is 0 Å². The second-order valence-corrected chi connectivity index (χ2v) is 5.61. The van der Waals surface area contributed by atoms with E-state index in [1.54, 1.807) is 7.11 Å². The van der Waals surface area contributed by atoms with E-state index in [4.69, 9.17) is 15.2 Å². The number of hydrogen-bond donors (Lipinski definition) is 2. The molecule has 2 atom stereocenters. The first-order chi connectivity index (χ1) is 10.6. The van der Waals surface area contributed by atoms with Crippen LogP contribution < -0.4 is 20.7 Å². The molecule has 1 aromatic carbocycles. The number of carbonyl (C=O) groups is 1. The summed E-state index contributed by atoms with van der Waals surface area (Å²) in [5.41, 5.74) is 6.86. The number of methoxy groups -OCH3 is 2. The maximum atomic E-state index is 11.8. The van der Waals surface area contributed by atoms with E-state index < -0.39 is 6.04 Å². The van der Waals surface area contributed by atoms with Crippen molar-refractivity contribution < 1.29 is 14.3 Å². The average molecular weight is 307 g/mol. The largest absolute Gasteiger partial charge is 0.497 e. The minimum Gasteiger partial charge on any atom is -0.497 e. The molecule has 0 radical (unpaired) electrons. The van der Waals surface area contributed by atoms with Crippen LogP contribution in [0.15, 0.2) is 24.3 Å². The van der Waals surface area contributed by atoms with Crippen LogP contribution in [-0.2, 0) is 9.53 Å². The Balaban J connectivity index is 1.81. The average Bonchev–Trinajstić information content (AvgIpc) is 3.02. The lowest BCUT2D eigenvalue weighted by Crippen LogP contribution is -2.45. The Bertz CT molecular complexity index is 495. The van der Waals surface area contributed by atoms with Gasteiger partial charge in [0.25, 0.3) is 0 Å². The molecule has 2 rings (SSSR count). The van der Waals surface area contributed by atoms with Gasteiger partial charge in [-0.05, 0) is 24.5 Å². The third-order valence-corrected chi connectivity index (χ3v) is 3.95. The summed E-state index contributed by atoms with van der Waals surface area (Å²) in [5, 5.41) is 2.91. The first-order valence-corrected chi connectivity index (χ1v) is 7.55. The predicted octanol–water partition coefficient (Wildman–Crippen LogP) is 0.611. The molecule has 1 heterocycles. The number of rotatable bonds is 7. The molecule has 6 heteroatoms. The van der Waals surface area contributed by atoms with Gasteiger partial charge in [0.15, 0.2) is 0 Å². The van der Waals surface area contributed by atoms with Crippen molar-refractivity contribution in [1.29, 1.82) is 0 Å². The van der Waals surface area contributed by atoms with Crippen molar-refractivity contribution in [2.24, 2.45) is 11.7 Å². The maximum Gasteiger partial charge on any atom is 0.239 e. The van der Waals surface area contributed by atoms with Gasteiger partial charge < -0.3 is 25.4 Å². The number of nitrogens with zero attached hydrogens (tertiary/aromatic N) is 1. The zero-order valence-electron chi connectivity index (χ0n) is 13.2. The van der Waals surface area contributed by atoms with Gasteiger partial charge in [0.1, 0.15) is 11.8 Å². The highest BCUT2D eigenvalue weighted by Crippen LogP contribution is 2.26. The molecule has 1 fully saturated rings. The summed E-state index contributed by atoms with van der Waals surface area (Å²) in [6.45, 7) is 2.80. The molecule has 1 amide bonds. The number of ether oxygens (including phenoxy) is 2. The Morgan fingerprint density at radius 2 is 2.32 bits per heavy atom. The smallest absolute Gasteiger partial charge is 0.239 e. The highest BCUT2D eigenvalue weighted by Gasteiger charge is 2.24. The summed E-state index contributed by atoms with van der Waals surface area (Å²) in [5.74, 6) is 1.14. The SMILES string of the molecule is COCC(N)C(=O)NCC1CCN(c2cccc(OC)c2)C1. The molecular formula is C16H25N3O3. The summed E-state index contributed by atoms with van der Waals surface area (Å²) < 4.78 is 10.1. The number of anilines is 1. The molecule has 1 aromatic rings. The van der Waals surface area contributed by atoms with E-state index in [1.807, 2.05) is 18.2 Å². The highest BCUT2D eigenvalue weighted by molar-refractivity contribution is 5.81. The van der Waals surface area contributed by atoms with Gasteiger partial charge in [0.05, 0.1) is 13.7 Å². The number of hydrogen-bond acceptors (Lipinski definition) is 5. The normalized spacial score (nSPS) is 19.0. The van der Waals surface area contributed by atoms with Gasteiger partial charge in [-0.3, -0.25) is 4.79 Å². The Morgan fingerprint density at radius 3 is 3.05 bits per heavy atom. The molecule has 2 unspecified atom stereocenters. The Kier molecular flexibility index (Phi) is 6.03. The van der Waals surface area contributed by atoms with Crippen molar-refractivity contribution >= 4 is 11.6 Å². The first-order valence-electron chi connectivity index (χ1n) is 7.55. The summed E-state index contributed by atoms with van der Waals surface area (Å²) in [4.78, 5) is 14.1. The summed E-state index contributed by atoms with van der Waals surface area (Å²) in [6, 6.07) is 7.45. The molecule has 0 bridgehead atoms. The van der Waals surface area contributed by atoms with Gasteiger partial charge >= 0.3 is 0 Å². The summed E-state index contributed by atoms with van der Waals surface area (Å²) in [7, 11) is 3.21. The van der Waals surface area contributed by atoms with E-state index in [0.29, 0.717) is 12.5 Å². The van der Waals surface area contributed by atoms with Crippen molar-refractivity contribution in [3.8, 4) is 5.75 Å². The van der Waals surface area contributed by atoms with Crippen LogP contribution in [0.25, 0.3) is 0 Å². The summed E-state index contributed by atoms with van der Waals surface area (Å²) >= 11 is 0. The molecule has 0 spiro atoms. The van der Waals surface area contributed by atoms with E-state index in [1.165, 1.54) is 7.11 Å². The van der Waals surface area contributed by atoms with Crippen LogP contribution in [-0.4, -0.2) is 52.4 Å². The van der Waals surface area contributed by atoms with Gasteiger partial charge in [0.2, 0.25) is 5.91 Å². The number of nitrogens with one attached hydrogen (secondary N) is 1. The maximum absolute atomic E-state index is 11.8. The fourth-order valence-electron chi connectivity index (χ4n) is 2.67. The van der Waals surface area contributed by atoms with Gasteiger partial charge in [-0.1, -0.05) is 6.07 Å². The quantitative estimate of drug-likeness (QED) is 0.772. The van der Waals surface area contributed by atoms with Crippen LogP contribution in [0.1, 0.15) is 6.42 Å². The molecular weight excluding hydrogens is 282 g/mol. The highest BCUT2D eigenvalue weighted by atomic mass is 16.5. The Hall–Kier alpha value is -1.79. The molecule has 0 saturated carbocycles. The monoisotopic (exact) mass is 307 g/mol. The van der Waals surface area contributed by atoms with Crippen LogP contribution in [0.3, 0.4) is 0 Å². The molecule has 1 saturated heterocycles. The number of amides is 1. The molecule has 0 aliphatic carbocycles. The Labute approximate surface area is 131 Å². The topological polar surface area (TPSA) is 76.8 Å². The molecule has 22 heavy (non-hydrogen) atoms. The van der Waals surface area contributed by atoms with Gasteiger partial charge in [-0.25, -0.2) is 0 Å². The lowest BCUT2D eigenvalue weighted by molar-refractivity contribution is -0.123. The van der Waals surface area contributed by atoms with Crippen molar-refractivity contribution in [3.05, 3.63) is 24.3 Å². The third kappa shape index (κ3) is 4.35. The predicted molar refractivity (Wildman–Crippen MR) is 86.2 cm³/mol. The number of carbonyl (C=O) groups excluding carboxylic acids is 1. The van der Waals surface area contributed by atoms with Crippen molar-refractivity contribution in [3.63, 3.8) is 0 Å². The molecule has 6 nitrogen and oxygen atoms in total. The number of benzene rings is 1. The molecule has 3 N–H and O–H groups in total. The lowest BCUT2D eigenvalue weighted by Gasteiger charge is -2.20. The van der Waals surface area contributed by atoms with Gasteiger partial charge in [-0.2, -0.15) is 0 Å². The fourth-order valence-corrected chi connectivity index (χ4v) is 2.67. The van der Waals surface area contributed by atoms with Crippen molar-refractivity contribution in [2.75, 3.05) is 45.4 Å². The molecule has 1 aliphatic rings. The Morgan fingerprint density at radius 1 is 1.50 bits per heavy atom. The van der Waals surface area contributed by atoms with E-state index in [2.05, 4.69) is 16.3 Å². The standard InChI is InChI=1S/C16H25N3O3/c1-21-11-15(17)16(20)18-9-12-6-7-19(10-12)13-4-3-5-14(8-13)22-2/h3-5,8,12,15H,6-7,9-11,17H2,1-2H3,(H,18,20). The van der Waals surface area contributed by atoms with E-state index >= 15 is 0 Å². The number of nitrogens with two attached hydrogens (primary N) is 1. The zero-order valence-corrected chi connectivity index (χ0v) is 13.2. The van der Waals surface area contributed by atoms with E-state index in [-0.39, 0.29) is 12.5 Å². The lowest BCUT2D eigenvalue weighted by atomic mass is 10.1. The van der Waals surface area contributed by atoms with Crippen LogP contribution >= 0.6 is 0 Å². The van der Waals surface area contributed by atoms with E-state index in [9.17, 15) is 4.79 Å². The van der Waals surface area contributed by atoms with Crippen LogP contribution in [0, 0.1) is 5.92 Å². The van der Waals surface area contributed by atoms with Gasteiger partial charge in [-0.15, -0.1) is 0 Å². The zero-order chi connectivity index (χ0) is 15.9. The first kappa shape index (κ1) is 16.6. The molecule has 0 aromatic heterocycles. The fraction of sp³-hybridized carbons (Fsp3) is 0.562. The summed E-state index contributed by atoms with van der Waals surface area (Å²) in [6.07, 6.45) is 1.05. The molecule has 1 aliphatic heterocycles. The third-order valence-electron chi connectivity index (χ3n) is 3.95. The minimum absolute atomic E-state index is 0.151.